The molecule has 0 aromatic heterocycles. The summed E-state index contributed by atoms with van der Waals surface area (Å²) >= 11 is 0. The topological polar surface area (TPSA) is 37.3 Å². The van der Waals surface area contributed by atoms with Gasteiger partial charge in [0.1, 0.15) is 5.78 Å². The van der Waals surface area contributed by atoms with Gasteiger partial charge in [0.15, 0.2) is 0 Å². The Balaban J connectivity index is 1.98. The summed E-state index contributed by atoms with van der Waals surface area (Å²) in [5, 5.41) is 10.5. The minimum Gasteiger partial charge on any atom is -0.393 e. The Morgan fingerprint density at radius 1 is 1.24 bits per heavy atom. The molecule has 1 N–H and O–H groups in total. The first-order valence-corrected chi connectivity index (χ1v) is 6.97. The highest BCUT2D eigenvalue weighted by molar-refractivity contribution is 5.89. The largest absolute Gasteiger partial charge is 0.393 e. The van der Waals surface area contributed by atoms with E-state index in [1.165, 1.54) is 6.42 Å². The Bertz CT molecular complexity index is 373. The van der Waals surface area contributed by atoms with Crippen LogP contribution in [-0.2, 0) is 4.79 Å². The molecule has 96 valence electrons. The molecule has 0 aromatic rings. The third-order valence-electron chi connectivity index (χ3n) is 6.04. The van der Waals surface area contributed by atoms with E-state index in [-0.39, 0.29) is 23.4 Å². The highest BCUT2D eigenvalue weighted by atomic mass is 16.3. The number of hydrogen-bond donors (Lipinski definition) is 1. The first-order valence-electron chi connectivity index (χ1n) is 6.97. The van der Waals surface area contributed by atoms with Gasteiger partial charge in [-0.1, -0.05) is 27.7 Å². The molecule has 0 aromatic carbocycles. The van der Waals surface area contributed by atoms with E-state index in [0.717, 1.165) is 12.8 Å². The van der Waals surface area contributed by atoms with Crippen LogP contribution in [0.15, 0.2) is 0 Å². The molecule has 0 spiro atoms. The molecule has 2 heteroatoms. The van der Waals surface area contributed by atoms with Gasteiger partial charge in [0.2, 0.25) is 0 Å². The zero-order valence-corrected chi connectivity index (χ0v) is 11.4. The fraction of sp³-hybridized carbons (Fsp3) is 0.933. The Hall–Kier alpha value is -0.370. The highest BCUT2D eigenvalue weighted by Gasteiger charge is 2.66. The van der Waals surface area contributed by atoms with Crippen LogP contribution in [0.4, 0.5) is 0 Å². The number of aliphatic hydroxyl groups is 1. The van der Waals surface area contributed by atoms with E-state index >= 15 is 0 Å². The van der Waals surface area contributed by atoms with E-state index in [4.69, 9.17) is 0 Å². The van der Waals surface area contributed by atoms with E-state index in [1.807, 2.05) is 0 Å². The third-order valence-corrected chi connectivity index (χ3v) is 6.04. The van der Waals surface area contributed by atoms with Gasteiger partial charge in [-0.15, -0.1) is 0 Å². The predicted molar refractivity (Wildman–Crippen MR) is 66.4 cm³/mol. The summed E-state index contributed by atoms with van der Waals surface area (Å²) in [4.78, 5) is 11.9. The molecule has 0 radical (unpaired) electrons. The fourth-order valence-electron chi connectivity index (χ4n) is 5.37. The van der Waals surface area contributed by atoms with Crippen LogP contribution in [0.3, 0.4) is 0 Å². The number of fused-ring (bicyclic) bond motifs is 3. The molecular formula is C15H24O2. The maximum Gasteiger partial charge on any atom is 0.137 e. The summed E-state index contributed by atoms with van der Waals surface area (Å²) in [5.74, 6) is 1.67. The van der Waals surface area contributed by atoms with Crippen LogP contribution in [0.5, 0.6) is 0 Å². The molecule has 2 nitrogen and oxygen atoms in total. The second kappa shape index (κ2) is 3.14. The first-order chi connectivity index (χ1) is 7.76. The molecule has 3 fully saturated rings. The third kappa shape index (κ3) is 1.34. The van der Waals surface area contributed by atoms with Crippen molar-refractivity contribution in [2.45, 2.75) is 53.1 Å². The Labute approximate surface area is 104 Å². The van der Waals surface area contributed by atoms with Gasteiger partial charge in [-0.05, 0) is 41.4 Å². The zero-order chi connectivity index (χ0) is 12.6. The summed E-state index contributed by atoms with van der Waals surface area (Å²) in [7, 11) is 0. The molecule has 3 rings (SSSR count). The van der Waals surface area contributed by atoms with Crippen molar-refractivity contribution in [3.05, 3.63) is 0 Å². The zero-order valence-electron chi connectivity index (χ0n) is 11.4. The van der Waals surface area contributed by atoms with Crippen molar-refractivity contribution in [2.24, 2.45) is 34.5 Å². The summed E-state index contributed by atoms with van der Waals surface area (Å²) < 4.78 is 0. The molecule has 3 saturated carbocycles. The lowest BCUT2D eigenvalue weighted by Crippen LogP contribution is -2.62. The van der Waals surface area contributed by atoms with Crippen LogP contribution in [0.2, 0.25) is 0 Å². The van der Waals surface area contributed by atoms with Gasteiger partial charge in [-0.2, -0.15) is 0 Å². The van der Waals surface area contributed by atoms with E-state index < -0.39 is 0 Å². The average molecular weight is 236 g/mol. The summed E-state index contributed by atoms with van der Waals surface area (Å²) in [6, 6.07) is 0. The Morgan fingerprint density at radius 2 is 1.88 bits per heavy atom. The first kappa shape index (κ1) is 11.7. The molecule has 0 aliphatic heterocycles. The molecular weight excluding hydrogens is 212 g/mol. The van der Waals surface area contributed by atoms with E-state index in [2.05, 4.69) is 27.7 Å². The lowest BCUT2D eigenvalue weighted by molar-refractivity contribution is -0.179. The number of Topliss-reactive ketones (excluding diaryl/α,β-unsaturated/α-hetero) is 1. The van der Waals surface area contributed by atoms with E-state index in [1.54, 1.807) is 0 Å². The lowest BCUT2D eigenvalue weighted by Gasteiger charge is -2.59. The lowest BCUT2D eigenvalue weighted by atomic mass is 9.44. The van der Waals surface area contributed by atoms with Crippen molar-refractivity contribution >= 4 is 5.78 Å². The summed E-state index contributed by atoms with van der Waals surface area (Å²) in [6.07, 6.45) is 2.80. The molecule has 0 amide bonds. The van der Waals surface area contributed by atoms with Crippen molar-refractivity contribution in [1.82, 2.24) is 0 Å². The predicted octanol–water partition coefficient (Wildman–Crippen LogP) is 2.64. The molecule has 0 saturated heterocycles. The van der Waals surface area contributed by atoms with Crippen molar-refractivity contribution in [3.8, 4) is 0 Å². The minimum absolute atomic E-state index is 0.132. The fourth-order valence-corrected chi connectivity index (χ4v) is 5.37. The van der Waals surface area contributed by atoms with Gasteiger partial charge < -0.3 is 5.11 Å². The van der Waals surface area contributed by atoms with Gasteiger partial charge in [0.25, 0.3) is 0 Å². The second-order valence-electron chi connectivity index (χ2n) is 7.82. The van der Waals surface area contributed by atoms with Gasteiger partial charge in [0, 0.05) is 12.3 Å². The Morgan fingerprint density at radius 3 is 2.47 bits per heavy atom. The number of ketones is 1. The van der Waals surface area contributed by atoms with Gasteiger partial charge >= 0.3 is 0 Å². The highest BCUT2D eigenvalue weighted by Crippen LogP contribution is 2.66. The molecule has 0 heterocycles. The quantitative estimate of drug-likeness (QED) is 0.702. The maximum atomic E-state index is 11.9. The van der Waals surface area contributed by atoms with Crippen LogP contribution in [0.1, 0.15) is 47.0 Å². The smallest absolute Gasteiger partial charge is 0.137 e. The van der Waals surface area contributed by atoms with E-state index in [0.29, 0.717) is 23.0 Å². The van der Waals surface area contributed by atoms with E-state index in [9.17, 15) is 9.90 Å². The number of carbonyl (C=O) groups excluding carboxylic acids is 1. The van der Waals surface area contributed by atoms with Gasteiger partial charge in [0.05, 0.1) is 6.10 Å². The maximum absolute atomic E-state index is 11.9. The number of aliphatic hydroxyl groups excluding tert-OH is 1. The molecule has 17 heavy (non-hydrogen) atoms. The molecule has 0 unspecified atom stereocenters. The Kier molecular flexibility index (Phi) is 2.16. The number of hydrogen-bond acceptors (Lipinski definition) is 2. The monoisotopic (exact) mass is 236 g/mol. The van der Waals surface area contributed by atoms with Gasteiger partial charge in [-0.3, -0.25) is 4.79 Å². The van der Waals surface area contributed by atoms with Crippen LogP contribution >= 0.6 is 0 Å². The van der Waals surface area contributed by atoms with Crippen LogP contribution in [-0.4, -0.2) is 17.0 Å². The van der Waals surface area contributed by atoms with Crippen molar-refractivity contribution in [2.75, 3.05) is 0 Å². The SMILES string of the molecule is C[C@H]1[C@H](O)[C@H]2CC(C)(C)C[C@H]2[C@]2(C)CC(=O)[C@H]12. The van der Waals surface area contributed by atoms with Crippen molar-refractivity contribution in [3.63, 3.8) is 0 Å². The van der Waals surface area contributed by atoms with Crippen LogP contribution in [0, 0.1) is 34.5 Å². The average Bonchev–Trinajstić information content (AvgIpc) is 2.51. The summed E-state index contributed by atoms with van der Waals surface area (Å²) in [5.41, 5.74) is 0.529. The van der Waals surface area contributed by atoms with Crippen molar-refractivity contribution in [1.29, 1.82) is 0 Å². The molecule has 6 atom stereocenters. The minimum atomic E-state index is -0.260. The second-order valence-corrected chi connectivity index (χ2v) is 7.82. The van der Waals surface area contributed by atoms with Gasteiger partial charge in [-0.25, -0.2) is 0 Å². The number of rotatable bonds is 0. The van der Waals surface area contributed by atoms with Crippen LogP contribution < -0.4 is 0 Å². The molecule has 3 aliphatic rings. The molecule has 0 bridgehead atoms. The molecule has 3 aliphatic carbocycles. The van der Waals surface area contributed by atoms with Crippen molar-refractivity contribution < 1.29 is 9.90 Å². The number of carbonyl (C=O) groups is 1. The standard InChI is InChI=1S/C15H24O2/c1-8-12-11(16)7-15(12,4)10-6-14(2,3)5-9(10)13(8)17/h8-10,12-13,17H,5-7H2,1-4H3/t8-,9+,10-,12+,13+,15+/m1/s1. The van der Waals surface area contributed by atoms with Crippen LogP contribution in [0.25, 0.3) is 0 Å². The summed E-state index contributed by atoms with van der Waals surface area (Å²) in [6.45, 7) is 8.98. The normalized spacial score (nSPS) is 56.1.